The number of imidazole rings is 1. The van der Waals surface area contributed by atoms with Crippen LogP contribution in [0, 0.1) is 0 Å². The Morgan fingerprint density at radius 2 is 1.67 bits per heavy atom. The fraction of sp³-hybridized carbons (Fsp3) is 0.130. The largest absolute Gasteiger partial charge is 0.493 e. The van der Waals surface area contributed by atoms with Crippen LogP contribution in [0.3, 0.4) is 0 Å². The summed E-state index contributed by atoms with van der Waals surface area (Å²) in [5.74, 6) is 1.09. The van der Waals surface area contributed by atoms with Crippen LogP contribution in [-0.4, -0.2) is 21.0 Å². The van der Waals surface area contributed by atoms with Gasteiger partial charge in [-0.25, -0.2) is 9.97 Å². The molecule has 2 aromatic heterocycles. The molecule has 0 aliphatic heterocycles. The first-order chi connectivity index (χ1) is 14.5. The van der Waals surface area contributed by atoms with Gasteiger partial charge in [0.2, 0.25) is 0 Å². The molecule has 5 rings (SSSR count). The van der Waals surface area contributed by atoms with Crippen LogP contribution in [0.1, 0.15) is 12.5 Å². The van der Waals surface area contributed by atoms with Crippen LogP contribution in [0.4, 0.5) is 13.2 Å². The van der Waals surface area contributed by atoms with Crippen molar-refractivity contribution >= 4 is 27.6 Å². The van der Waals surface area contributed by atoms with Gasteiger partial charge in [0.05, 0.1) is 34.3 Å². The minimum Gasteiger partial charge on any atom is -0.493 e. The topological polar surface area (TPSA) is 39.4 Å². The molecule has 0 fully saturated rings. The zero-order valence-electron chi connectivity index (χ0n) is 15.9. The minimum atomic E-state index is -4.45. The number of halogens is 3. The Hall–Kier alpha value is -3.61. The first kappa shape index (κ1) is 18.4. The number of hydrogen-bond acceptors (Lipinski definition) is 3. The Morgan fingerprint density at radius 3 is 2.47 bits per heavy atom. The molecule has 0 aliphatic carbocycles. The van der Waals surface area contributed by atoms with Crippen molar-refractivity contribution in [3.8, 4) is 17.1 Å². The molecule has 7 heteroatoms. The van der Waals surface area contributed by atoms with Crippen molar-refractivity contribution in [1.29, 1.82) is 0 Å². The SMILES string of the molecule is CCOc1ccccc1-c1nc2ccccc2c2nc3ccc(C(F)(F)F)cc3n12. The van der Waals surface area contributed by atoms with Crippen molar-refractivity contribution in [2.45, 2.75) is 13.1 Å². The summed E-state index contributed by atoms with van der Waals surface area (Å²) in [5, 5.41) is 0.764. The number of fused-ring (bicyclic) bond motifs is 5. The van der Waals surface area contributed by atoms with Gasteiger partial charge < -0.3 is 4.74 Å². The second-order valence-corrected chi connectivity index (χ2v) is 6.85. The number of rotatable bonds is 3. The fourth-order valence-corrected chi connectivity index (χ4v) is 3.68. The van der Waals surface area contributed by atoms with Crippen LogP contribution in [0.25, 0.3) is 39.0 Å². The molecule has 0 atom stereocenters. The third kappa shape index (κ3) is 2.85. The van der Waals surface area contributed by atoms with Gasteiger partial charge in [-0.15, -0.1) is 0 Å². The summed E-state index contributed by atoms with van der Waals surface area (Å²) >= 11 is 0. The van der Waals surface area contributed by atoms with Crippen molar-refractivity contribution in [3.05, 3.63) is 72.3 Å². The number of alkyl halides is 3. The molecule has 3 aromatic carbocycles. The highest BCUT2D eigenvalue weighted by Gasteiger charge is 2.31. The van der Waals surface area contributed by atoms with Crippen molar-refractivity contribution in [1.82, 2.24) is 14.4 Å². The highest BCUT2D eigenvalue weighted by Crippen LogP contribution is 2.36. The summed E-state index contributed by atoms with van der Waals surface area (Å²) in [4.78, 5) is 9.44. The van der Waals surface area contributed by atoms with E-state index in [-0.39, 0.29) is 0 Å². The summed E-state index contributed by atoms with van der Waals surface area (Å²) in [5.41, 5.74) is 2.03. The van der Waals surface area contributed by atoms with Gasteiger partial charge in [-0.3, -0.25) is 4.40 Å². The lowest BCUT2D eigenvalue weighted by atomic mass is 10.1. The number of para-hydroxylation sites is 2. The van der Waals surface area contributed by atoms with E-state index in [0.29, 0.717) is 45.9 Å². The Balaban J connectivity index is 1.95. The second-order valence-electron chi connectivity index (χ2n) is 6.85. The fourth-order valence-electron chi connectivity index (χ4n) is 3.68. The Kier molecular flexibility index (Phi) is 4.13. The summed E-state index contributed by atoms with van der Waals surface area (Å²) in [7, 11) is 0. The van der Waals surface area contributed by atoms with Crippen LogP contribution in [-0.2, 0) is 6.18 Å². The van der Waals surface area contributed by atoms with Crippen molar-refractivity contribution in [2.24, 2.45) is 0 Å². The lowest BCUT2D eigenvalue weighted by molar-refractivity contribution is -0.137. The number of aromatic nitrogens is 3. The van der Waals surface area contributed by atoms with Crippen LogP contribution in [0.2, 0.25) is 0 Å². The van der Waals surface area contributed by atoms with Gasteiger partial charge in [-0.05, 0) is 49.4 Å². The van der Waals surface area contributed by atoms with Crippen molar-refractivity contribution in [2.75, 3.05) is 6.61 Å². The van der Waals surface area contributed by atoms with Gasteiger partial charge in [0, 0.05) is 5.39 Å². The molecule has 0 bridgehead atoms. The number of hydrogen-bond donors (Lipinski definition) is 0. The predicted octanol–water partition coefficient (Wildman–Crippen LogP) is 6.12. The van der Waals surface area contributed by atoms with Crippen molar-refractivity contribution < 1.29 is 17.9 Å². The van der Waals surface area contributed by atoms with Gasteiger partial charge in [-0.1, -0.05) is 24.3 Å². The number of benzene rings is 3. The lowest BCUT2D eigenvalue weighted by Gasteiger charge is -2.13. The third-order valence-electron chi connectivity index (χ3n) is 4.99. The van der Waals surface area contributed by atoms with Crippen LogP contribution < -0.4 is 4.74 Å². The molecule has 5 aromatic rings. The van der Waals surface area contributed by atoms with E-state index in [1.54, 1.807) is 4.40 Å². The van der Waals surface area contributed by atoms with E-state index < -0.39 is 11.7 Å². The van der Waals surface area contributed by atoms with E-state index in [1.165, 1.54) is 6.07 Å². The quantitative estimate of drug-likeness (QED) is 0.362. The molecule has 0 aliphatic rings. The zero-order chi connectivity index (χ0) is 20.9. The van der Waals surface area contributed by atoms with Crippen LogP contribution >= 0.6 is 0 Å². The molecule has 0 unspecified atom stereocenters. The molecule has 0 radical (unpaired) electrons. The molecule has 150 valence electrons. The third-order valence-corrected chi connectivity index (χ3v) is 4.99. The smallest absolute Gasteiger partial charge is 0.416 e. The summed E-state index contributed by atoms with van der Waals surface area (Å²) in [6.07, 6.45) is -4.45. The predicted molar refractivity (Wildman–Crippen MR) is 110 cm³/mol. The molecule has 0 spiro atoms. The van der Waals surface area contributed by atoms with Crippen molar-refractivity contribution in [3.63, 3.8) is 0 Å². The standard InChI is InChI=1S/C23H16F3N3O/c1-2-30-20-10-6-4-8-16(20)22-27-17-9-5-3-7-15(17)21-28-18-12-11-14(23(24,25)26)13-19(18)29(21)22/h3-13H,2H2,1H3. The highest BCUT2D eigenvalue weighted by atomic mass is 19.4. The summed E-state index contributed by atoms with van der Waals surface area (Å²) in [6.45, 7) is 2.33. The van der Waals surface area contributed by atoms with E-state index >= 15 is 0 Å². The minimum absolute atomic E-state index is 0.347. The highest BCUT2D eigenvalue weighted by molar-refractivity contribution is 5.98. The first-order valence-corrected chi connectivity index (χ1v) is 9.47. The second kappa shape index (κ2) is 6.73. The molecule has 4 nitrogen and oxygen atoms in total. The van der Waals surface area contributed by atoms with Crippen LogP contribution in [0.15, 0.2) is 66.7 Å². The van der Waals surface area contributed by atoms with Gasteiger partial charge in [0.1, 0.15) is 11.4 Å². The zero-order valence-corrected chi connectivity index (χ0v) is 15.9. The number of nitrogens with zero attached hydrogens (tertiary/aromatic N) is 3. The van der Waals surface area contributed by atoms with Gasteiger partial charge in [0.15, 0.2) is 5.82 Å². The average Bonchev–Trinajstić information content (AvgIpc) is 3.12. The number of ether oxygens (including phenoxy) is 1. The monoisotopic (exact) mass is 407 g/mol. The van der Waals surface area contributed by atoms with E-state index in [4.69, 9.17) is 9.72 Å². The average molecular weight is 407 g/mol. The molecule has 0 N–H and O–H groups in total. The van der Waals surface area contributed by atoms with E-state index in [9.17, 15) is 13.2 Å². The molecular formula is C23H16F3N3O. The molecule has 30 heavy (non-hydrogen) atoms. The Bertz CT molecular complexity index is 1410. The maximum absolute atomic E-state index is 13.4. The normalized spacial score (nSPS) is 12.1. The molecule has 2 heterocycles. The summed E-state index contributed by atoms with van der Waals surface area (Å²) < 4.78 is 47.6. The summed E-state index contributed by atoms with van der Waals surface area (Å²) in [6, 6.07) is 18.4. The molecule has 0 saturated carbocycles. The van der Waals surface area contributed by atoms with Gasteiger partial charge in [-0.2, -0.15) is 13.2 Å². The van der Waals surface area contributed by atoms with E-state index in [2.05, 4.69) is 4.98 Å². The van der Waals surface area contributed by atoms with E-state index in [1.807, 2.05) is 55.5 Å². The van der Waals surface area contributed by atoms with Gasteiger partial charge in [0.25, 0.3) is 0 Å². The molecular weight excluding hydrogens is 391 g/mol. The molecule has 0 amide bonds. The first-order valence-electron chi connectivity index (χ1n) is 9.47. The molecule has 0 saturated heterocycles. The van der Waals surface area contributed by atoms with E-state index in [0.717, 1.165) is 17.5 Å². The lowest BCUT2D eigenvalue weighted by Crippen LogP contribution is -2.05. The maximum atomic E-state index is 13.4. The van der Waals surface area contributed by atoms with Gasteiger partial charge >= 0.3 is 6.18 Å². The Labute approximate surface area is 169 Å². The maximum Gasteiger partial charge on any atom is 0.416 e. The van der Waals surface area contributed by atoms with Crippen LogP contribution in [0.5, 0.6) is 5.75 Å². The Morgan fingerprint density at radius 1 is 0.900 bits per heavy atom.